The molecule has 1 unspecified atom stereocenters. The van der Waals surface area contributed by atoms with Gasteiger partial charge in [0.25, 0.3) is 10.1 Å². The lowest BCUT2D eigenvalue weighted by Crippen LogP contribution is -2.32. The molecule has 0 aliphatic heterocycles. The van der Waals surface area contributed by atoms with Crippen molar-refractivity contribution in [2.75, 3.05) is 6.61 Å². The highest BCUT2D eigenvalue weighted by molar-refractivity contribution is 7.86. The molecule has 0 saturated heterocycles. The Hall–Kier alpha value is -0.910. The molecular weight excluding hydrogens is 264 g/mol. The van der Waals surface area contributed by atoms with E-state index in [1.165, 1.54) is 12.1 Å². The Bertz CT molecular complexity index is 501. The van der Waals surface area contributed by atoms with Gasteiger partial charge in [0.2, 0.25) is 0 Å². The van der Waals surface area contributed by atoms with E-state index in [2.05, 4.69) is 0 Å². The van der Waals surface area contributed by atoms with Gasteiger partial charge in [-0.25, -0.2) is 0 Å². The summed E-state index contributed by atoms with van der Waals surface area (Å²) in [5, 5.41) is 10.0. The average Bonchev–Trinajstić information content (AvgIpc) is 2.28. The summed E-state index contributed by atoms with van der Waals surface area (Å²) >= 11 is 0. The number of aryl methyl sites for hydroxylation is 1. The number of rotatable bonds is 6. The number of hydrogen-bond acceptors (Lipinski definition) is 4. The fraction of sp³-hybridized carbons (Fsp3) is 0.571. The normalized spacial score (nSPS) is 15.5. The third kappa shape index (κ3) is 4.60. The van der Waals surface area contributed by atoms with Crippen LogP contribution in [0.3, 0.4) is 0 Å². The van der Waals surface area contributed by atoms with E-state index in [1.807, 2.05) is 20.8 Å². The van der Waals surface area contributed by atoms with E-state index in [4.69, 9.17) is 4.18 Å². The maximum absolute atomic E-state index is 11.9. The first-order valence-electron chi connectivity index (χ1n) is 6.33. The molecule has 0 saturated carbocycles. The van der Waals surface area contributed by atoms with Gasteiger partial charge >= 0.3 is 0 Å². The topological polar surface area (TPSA) is 63.6 Å². The van der Waals surface area contributed by atoms with E-state index in [1.54, 1.807) is 19.1 Å². The van der Waals surface area contributed by atoms with Gasteiger partial charge in [-0.15, -0.1) is 0 Å². The zero-order chi connectivity index (χ0) is 14.7. The molecule has 0 aliphatic carbocycles. The van der Waals surface area contributed by atoms with Crippen molar-refractivity contribution >= 4 is 10.1 Å². The third-order valence-corrected chi connectivity index (χ3v) is 4.73. The van der Waals surface area contributed by atoms with Crippen LogP contribution in [0.1, 0.15) is 32.8 Å². The van der Waals surface area contributed by atoms with Crippen molar-refractivity contribution in [2.45, 2.75) is 44.6 Å². The van der Waals surface area contributed by atoms with Gasteiger partial charge in [-0.05, 0) is 31.9 Å². The molecule has 4 nitrogen and oxygen atoms in total. The molecule has 19 heavy (non-hydrogen) atoms. The molecule has 0 bridgehead atoms. The molecule has 108 valence electrons. The highest BCUT2D eigenvalue weighted by Crippen LogP contribution is 2.21. The zero-order valence-corrected chi connectivity index (χ0v) is 12.7. The molecule has 1 rings (SSSR count). The highest BCUT2D eigenvalue weighted by Gasteiger charge is 2.26. The summed E-state index contributed by atoms with van der Waals surface area (Å²) in [6, 6.07) is 6.48. The Morgan fingerprint density at radius 2 is 1.79 bits per heavy atom. The van der Waals surface area contributed by atoms with Crippen molar-refractivity contribution in [1.29, 1.82) is 0 Å². The van der Waals surface area contributed by atoms with Crippen LogP contribution >= 0.6 is 0 Å². The van der Waals surface area contributed by atoms with Gasteiger partial charge in [0.1, 0.15) is 0 Å². The maximum Gasteiger partial charge on any atom is 0.296 e. The Kier molecular flexibility index (Phi) is 5.12. The number of aliphatic hydroxyl groups is 1. The van der Waals surface area contributed by atoms with Gasteiger partial charge in [-0.2, -0.15) is 8.42 Å². The Labute approximate surface area is 115 Å². The van der Waals surface area contributed by atoms with Crippen molar-refractivity contribution in [3.05, 3.63) is 29.8 Å². The predicted molar refractivity (Wildman–Crippen MR) is 74.4 cm³/mol. The van der Waals surface area contributed by atoms with E-state index >= 15 is 0 Å². The molecule has 1 atom stereocenters. The van der Waals surface area contributed by atoms with Crippen LogP contribution in [0, 0.1) is 12.8 Å². The summed E-state index contributed by atoms with van der Waals surface area (Å²) in [6.45, 7) is 7.31. The van der Waals surface area contributed by atoms with Crippen molar-refractivity contribution in [2.24, 2.45) is 5.92 Å². The second kappa shape index (κ2) is 6.03. The molecule has 5 heteroatoms. The average molecular weight is 286 g/mol. The predicted octanol–water partition coefficient (Wildman–Crippen LogP) is 2.50. The second-order valence-electron chi connectivity index (χ2n) is 5.35. The first-order chi connectivity index (χ1) is 8.65. The van der Waals surface area contributed by atoms with Crippen LogP contribution in [0.25, 0.3) is 0 Å². The van der Waals surface area contributed by atoms with E-state index in [-0.39, 0.29) is 23.8 Å². The lowest BCUT2D eigenvalue weighted by Gasteiger charge is -2.27. The summed E-state index contributed by atoms with van der Waals surface area (Å²) in [5.41, 5.74) is 0.0599. The van der Waals surface area contributed by atoms with Crippen LogP contribution in [-0.2, 0) is 14.3 Å². The van der Waals surface area contributed by atoms with Gasteiger partial charge in [0.15, 0.2) is 0 Å². The smallest absolute Gasteiger partial charge is 0.296 e. The first-order valence-corrected chi connectivity index (χ1v) is 7.74. The van der Waals surface area contributed by atoms with Crippen LogP contribution < -0.4 is 0 Å². The van der Waals surface area contributed by atoms with Crippen LogP contribution in [0.15, 0.2) is 29.2 Å². The van der Waals surface area contributed by atoms with Crippen LogP contribution in [-0.4, -0.2) is 25.7 Å². The molecule has 0 radical (unpaired) electrons. The monoisotopic (exact) mass is 286 g/mol. The van der Waals surface area contributed by atoms with Crippen molar-refractivity contribution < 1.29 is 17.7 Å². The van der Waals surface area contributed by atoms with Crippen molar-refractivity contribution in [3.63, 3.8) is 0 Å². The molecule has 1 N–H and O–H groups in total. The Morgan fingerprint density at radius 3 is 2.26 bits per heavy atom. The van der Waals surface area contributed by atoms with Gasteiger partial charge < -0.3 is 5.11 Å². The first kappa shape index (κ1) is 16.1. The Balaban J connectivity index is 2.64. The van der Waals surface area contributed by atoms with Crippen molar-refractivity contribution in [3.8, 4) is 0 Å². The SMILES string of the molecule is Cc1ccc(S(=O)(=O)OCCC(C)(O)C(C)C)cc1. The van der Waals surface area contributed by atoms with Crippen LogP contribution in [0.2, 0.25) is 0 Å². The lowest BCUT2D eigenvalue weighted by atomic mass is 9.90. The molecular formula is C14H22O4S. The van der Waals surface area contributed by atoms with Crippen LogP contribution in [0.4, 0.5) is 0 Å². The standard InChI is InChI=1S/C14H22O4S/c1-11(2)14(4,15)9-10-18-19(16,17)13-7-5-12(3)6-8-13/h5-8,11,15H,9-10H2,1-4H3. The molecule has 0 amide bonds. The van der Waals surface area contributed by atoms with Gasteiger partial charge in [0, 0.05) is 6.42 Å². The largest absolute Gasteiger partial charge is 0.390 e. The number of hydrogen-bond donors (Lipinski definition) is 1. The van der Waals surface area contributed by atoms with Gasteiger partial charge in [-0.3, -0.25) is 4.18 Å². The van der Waals surface area contributed by atoms with Crippen LogP contribution in [0.5, 0.6) is 0 Å². The summed E-state index contributed by atoms with van der Waals surface area (Å²) in [7, 11) is -3.74. The molecule has 0 aromatic heterocycles. The highest BCUT2D eigenvalue weighted by atomic mass is 32.2. The minimum Gasteiger partial charge on any atom is -0.390 e. The quantitative estimate of drug-likeness (QED) is 0.816. The maximum atomic E-state index is 11.9. The second-order valence-corrected chi connectivity index (χ2v) is 6.97. The summed E-state index contributed by atoms with van der Waals surface area (Å²) in [4.78, 5) is 0.141. The molecule has 0 spiro atoms. The summed E-state index contributed by atoms with van der Waals surface area (Å²) in [6.07, 6.45) is 0.274. The van der Waals surface area contributed by atoms with E-state index in [9.17, 15) is 13.5 Å². The minimum absolute atomic E-state index is 0.0264. The van der Waals surface area contributed by atoms with Gasteiger partial charge in [-0.1, -0.05) is 31.5 Å². The van der Waals surface area contributed by atoms with Crippen molar-refractivity contribution in [1.82, 2.24) is 0 Å². The molecule has 0 aliphatic rings. The third-order valence-electron chi connectivity index (χ3n) is 3.40. The minimum atomic E-state index is -3.74. The number of benzene rings is 1. The molecule has 1 aromatic carbocycles. The lowest BCUT2D eigenvalue weighted by molar-refractivity contribution is -0.00458. The molecule has 1 aromatic rings. The van der Waals surface area contributed by atoms with E-state index < -0.39 is 15.7 Å². The fourth-order valence-electron chi connectivity index (χ4n) is 1.42. The summed E-state index contributed by atoms with van der Waals surface area (Å²) < 4.78 is 28.7. The molecule has 0 heterocycles. The fourth-order valence-corrected chi connectivity index (χ4v) is 2.33. The van der Waals surface area contributed by atoms with E-state index in [0.717, 1.165) is 5.56 Å². The molecule has 0 fully saturated rings. The zero-order valence-electron chi connectivity index (χ0n) is 11.9. The Morgan fingerprint density at radius 1 is 1.26 bits per heavy atom. The van der Waals surface area contributed by atoms with Gasteiger partial charge in [0.05, 0.1) is 17.1 Å². The summed E-state index contributed by atoms with van der Waals surface area (Å²) in [5.74, 6) is 0.0400. The van der Waals surface area contributed by atoms with E-state index in [0.29, 0.717) is 0 Å².